The maximum absolute atomic E-state index is 12.2. The number of halogens is 1. The van der Waals surface area contributed by atoms with Crippen molar-refractivity contribution in [2.24, 2.45) is 10.2 Å². The number of hydrogen-bond donors (Lipinski definition) is 1. The third-order valence-electron chi connectivity index (χ3n) is 3.70. The molecule has 122 valence electrons. The number of rotatable bonds is 4. The zero-order valence-electron chi connectivity index (χ0n) is 13.1. The van der Waals surface area contributed by atoms with Crippen molar-refractivity contribution >= 4 is 45.1 Å². The first-order valence-corrected chi connectivity index (χ1v) is 8.71. The molecular formula is C18H16IN3O2. The first-order chi connectivity index (χ1) is 11.6. The summed E-state index contributed by atoms with van der Waals surface area (Å²) in [5.41, 5.74) is 1.68. The van der Waals surface area contributed by atoms with Crippen LogP contribution in [0.2, 0.25) is 0 Å². The Bertz CT molecular complexity index is 914. The van der Waals surface area contributed by atoms with E-state index in [-0.39, 0.29) is 5.88 Å². The lowest BCUT2D eigenvalue weighted by atomic mass is 10.2. The highest BCUT2D eigenvalue weighted by molar-refractivity contribution is 14.1. The fourth-order valence-electron chi connectivity index (χ4n) is 2.57. The number of azo groups is 1. The minimum absolute atomic E-state index is 0.0391. The standard InChI is InChI=1S/C18H16IN3O2/c1-2-11-22-15-6-4-3-5-14(15)16(18(22)24)20-21-17(23)12-7-9-13(19)10-8-12/h3-10,24H,2,11H2,1H3. The monoisotopic (exact) mass is 433 g/mol. The third kappa shape index (κ3) is 3.19. The molecule has 0 aliphatic rings. The molecule has 2 aromatic carbocycles. The second-order valence-corrected chi connectivity index (χ2v) is 6.60. The van der Waals surface area contributed by atoms with Crippen molar-refractivity contribution in [3.8, 4) is 5.88 Å². The second kappa shape index (κ2) is 7.12. The van der Waals surface area contributed by atoms with Gasteiger partial charge in [-0.3, -0.25) is 4.79 Å². The van der Waals surface area contributed by atoms with Gasteiger partial charge in [0, 0.05) is 21.1 Å². The molecule has 0 atom stereocenters. The highest BCUT2D eigenvalue weighted by Crippen LogP contribution is 2.38. The molecule has 0 saturated heterocycles. The van der Waals surface area contributed by atoms with E-state index in [1.807, 2.05) is 43.3 Å². The van der Waals surface area contributed by atoms with Crippen LogP contribution in [-0.4, -0.2) is 15.6 Å². The van der Waals surface area contributed by atoms with Gasteiger partial charge in [0.1, 0.15) is 0 Å². The quantitative estimate of drug-likeness (QED) is 0.449. The van der Waals surface area contributed by atoms with E-state index >= 15 is 0 Å². The van der Waals surface area contributed by atoms with Gasteiger partial charge >= 0.3 is 0 Å². The van der Waals surface area contributed by atoms with Gasteiger partial charge in [0.25, 0.3) is 5.91 Å². The molecule has 0 bridgehead atoms. The molecule has 0 spiro atoms. The van der Waals surface area contributed by atoms with Gasteiger partial charge in [-0.05, 0) is 59.3 Å². The van der Waals surface area contributed by atoms with Crippen molar-refractivity contribution in [2.45, 2.75) is 19.9 Å². The number of para-hydroxylation sites is 1. The third-order valence-corrected chi connectivity index (χ3v) is 4.42. The number of carbonyl (C=O) groups excluding carboxylic acids is 1. The summed E-state index contributed by atoms with van der Waals surface area (Å²) in [5.74, 6) is -0.393. The van der Waals surface area contributed by atoms with E-state index in [0.717, 1.165) is 20.9 Å². The number of aromatic nitrogens is 1. The van der Waals surface area contributed by atoms with E-state index in [9.17, 15) is 9.90 Å². The summed E-state index contributed by atoms with van der Waals surface area (Å²) in [6.45, 7) is 2.71. The van der Waals surface area contributed by atoms with Crippen molar-refractivity contribution in [3.63, 3.8) is 0 Å². The lowest BCUT2D eigenvalue weighted by Gasteiger charge is -2.03. The molecule has 3 rings (SSSR count). The van der Waals surface area contributed by atoms with Gasteiger partial charge in [-0.1, -0.05) is 25.1 Å². The van der Waals surface area contributed by atoms with E-state index < -0.39 is 5.91 Å². The molecular weight excluding hydrogens is 417 g/mol. The Kier molecular flexibility index (Phi) is 4.94. The average molecular weight is 433 g/mol. The van der Waals surface area contributed by atoms with Crippen LogP contribution in [0.1, 0.15) is 23.7 Å². The highest BCUT2D eigenvalue weighted by Gasteiger charge is 2.16. The minimum atomic E-state index is -0.432. The number of benzene rings is 2. The van der Waals surface area contributed by atoms with Crippen molar-refractivity contribution in [1.82, 2.24) is 4.57 Å². The SMILES string of the molecule is CCCn1c(O)c(N=NC(=O)c2ccc(I)cc2)c2ccccc21. The Morgan fingerprint density at radius 3 is 2.58 bits per heavy atom. The molecule has 0 radical (unpaired) electrons. The van der Waals surface area contributed by atoms with Crippen LogP contribution in [-0.2, 0) is 6.54 Å². The summed E-state index contributed by atoms with van der Waals surface area (Å²) in [4.78, 5) is 12.2. The van der Waals surface area contributed by atoms with Crippen LogP contribution in [0, 0.1) is 3.57 Å². The topological polar surface area (TPSA) is 66.9 Å². The Labute approximate surface area is 153 Å². The average Bonchev–Trinajstić information content (AvgIpc) is 2.86. The van der Waals surface area contributed by atoms with Crippen molar-refractivity contribution < 1.29 is 9.90 Å². The van der Waals surface area contributed by atoms with Crippen molar-refractivity contribution in [3.05, 3.63) is 57.7 Å². The Morgan fingerprint density at radius 2 is 1.88 bits per heavy atom. The van der Waals surface area contributed by atoms with Crippen LogP contribution in [0.5, 0.6) is 5.88 Å². The predicted molar refractivity (Wildman–Crippen MR) is 102 cm³/mol. The second-order valence-electron chi connectivity index (χ2n) is 5.35. The molecule has 1 heterocycles. The summed E-state index contributed by atoms with van der Waals surface area (Å²) in [6.07, 6.45) is 0.879. The van der Waals surface area contributed by atoms with Crippen LogP contribution < -0.4 is 0 Å². The van der Waals surface area contributed by atoms with E-state index in [1.165, 1.54) is 0 Å². The van der Waals surface area contributed by atoms with Gasteiger partial charge in [-0.15, -0.1) is 10.2 Å². The van der Waals surface area contributed by atoms with Gasteiger partial charge in [0.05, 0.1) is 5.52 Å². The molecule has 0 saturated carbocycles. The maximum Gasteiger partial charge on any atom is 0.295 e. The number of fused-ring (bicyclic) bond motifs is 1. The van der Waals surface area contributed by atoms with Crippen LogP contribution in [0.4, 0.5) is 5.69 Å². The number of hydrogen-bond acceptors (Lipinski definition) is 3. The molecule has 0 unspecified atom stereocenters. The zero-order valence-corrected chi connectivity index (χ0v) is 15.3. The molecule has 0 aliphatic carbocycles. The Balaban J connectivity index is 1.99. The molecule has 5 nitrogen and oxygen atoms in total. The predicted octanol–water partition coefficient (Wildman–Crippen LogP) is 5.29. The van der Waals surface area contributed by atoms with Crippen LogP contribution >= 0.6 is 22.6 Å². The number of amides is 1. The summed E-state index contributed by atoms with van der Waals surface area (Å²) < 4.78 is 2.83. The molecule has 0 aliphatic heterocycles. The number of aryl methyl sites for hydroxylation is 1. The van der Waals surface area contributed by atoms with Gasteiger partial charge in [-0.25, -0.2) is 0 Å². The Morgan fingerprint density at radius 1 is 1.17 bits per heavy atom. The smallest absolute Gasteiger partial charge is 0.295 e. The normalized spacial score (nSPS) is 11.4. The van der Waals surface area contributed by atoms with Gasteiger partial charge in [0.15, 0.2) is 5.69 Å². The summed E-state index contributed by atoms with van der Waals surface area (Å²) in [7, 11) is 0. The summed E-state index contributed by atoms with van der Waals surface area (Å²) in [6, 6.07) is 14.7. The largest absolute Gasteiger partial charge is 0.493 e. The minimum Gasteiger partial charge on any atom is -0.493 e. The number of carbonyl (C=O) groups is 1. The van der Waals surface area contributed by atoms with E-state index in [1.54, 1.807) is 16.7 Å². The number of aromatic hydroxyl groups is 1. The fourth-order valence-corrected chi connectivity index (χ4v) is 2.93. The molecule has 1 N–H and O–H groups in total. The van der Waals surface area contributed by atoms with E-state index in [0.29, 0.717) is 17.8 Å². The van der Waals surface area contributed by atoms with Gasteiger partial charge in [-0.2, -0.15) is 0 Å². The van der Waals surface area contributed by atoms with Crippen LogP contribution in [0.25, 0.3) is 10.9 Å². The van der Waals surface area contributed by atoms with Gasteiger partial charge in [0.2, 0.25) is 5.88 Å². The van der Waals surface area contributed by atoms with Crippen molar-refractivity contribution in [1.29, 1.82) is 0 Å². The lowest BCUT2D eigenvalue weighted by molar-refractivity contribution is 0.0995. The first kappa shape index (κ1) is 16.6. The lowest BCUT2D eigenvalue weighted by Crippen LogP contribution is -1.95. The van der Waals surface area contributed by atoms with Crippen LogP contribution in [0.15, 0.2) is 58.8 Å². The first-order valence-electron chi connectivity index (χ1n) is 7.63. The molecule has 1 aromatic heterocycles. The fraction of sp³-hybridized carbons (Fsp3) is 0.167. The van der Waals surface area contributed by atoms with Crippen LogP contribution in [0.3, 0.4) is 0 Å². The molecule has 6 heteroatoms. The maximum atomic E-state index is 12.2. The number of nitrogens with zero attached hydrogens (tertiary/aromatic N) is 3. The molecule has 3 aromatic rings. The van der Waals surface area contributed by atoms with E-state index in [2.05, 4.69) is 32.8 Å². The Hall–Kier alpha value is -2.22. The highest BCUT2D eigenvalue weighted by atomic mass is 127. The zero-order chi connectivity index (χ0) is 17.1. The molecule has 1 amide bonds. The molecule has 24 heavy (non-hydrogen) atoms. The summed E-state index contributed by atoms with van der Waals surface area (Å²) in [5, 5.41) is 19.1. The van der Waals surface area contributed by atoms with Crippen molar-refractivity contribution in [2.75, 3.05) is 0 Å². The van der Waals surface area contributed by atoms with Gasteiger partial charge < -0.3 is 9.67 Å². The summed E-state index contributed by atoms with van der Waals surface area (Å²) >= 11 is 2.17. The molecule has 0 fully saturated rings. The van der Waals surface area contributed by atoms with E-state index in [4.69, 9.17) is 0 Å².